The summed E-state index contributed by atoms with van der Waals surface area (Å²) in [5.74, 6) is 5.89. The monoisotopic (exact) mass is 533 g/mol. The van der Waals surface area contributed by atoms with E-state index in [0.29, 0.717) is 13.0 Å². The van der Waals surface area contributed by atoms with Crippen LogP contribution in [0.2, 0.25) is 0 Å². The lowest BCUT2D eigenvalue weighted by Crippen LogP contribution is -2.58. The van der Waals surface area contributed by atoms with Crippen molar-refractivity contribution in [1.82, 2.24) is 20.6 Å². The molecule has 5 N–H and O–H groups in total. The quantitative estimate of drug-likeness (QED) is 0.220. The second-order valence-corrected chi connectivity index (χ2v) is 10.6. The van der Waals surface area contributed by atoms with E-state index in [1.54, 1.807) is 6.20 Å². The second-order valence-electron chi connectivity index (χ2n) is 10.6. The summed E-state index contributed by atoms with van der Waals surface area (Å²) in [5.41, 5.74) is 3.22. The van der Waals surface area contributed by atoms with Crippen LogP contribution in [0.4, 0.5) is 4.79 Å². The molecule has 2 amide bonds. The van der Waals surface area contributed by atoms with Gasteiger partial charge in [0.25, 0.3) is 0 Å². The van der Waals surface area contributed by atoms with Gasteiger partial charge in [0, 0.05) is 24.8 Å². The molecule has 9 nitrogen and oxygen atoms in total. The van der Waals surface area contributed by atoms with Crippen molar-refractivity contribution in [3.63, 3.8) is 0 Å². The first-order valence-electron chi connectivity index (χ1n) is 12.9. The van der Waals surface area contributed by atoms with Gasteiger partial charge in [0.1, 0.15) is 6.04 Å². The van der Waals surface area contributed by atoms with E-state index in [2.05, 4.69) is 15.6 Å². The summed E-state index contributed by atoms with van der Waals surface area (Å²) < 4.78 is 4.71. The van der Waals surface area contributed by atoms with E-state index >= 15 is 0 Å². The molecule has 0 aliphatic heterocycles. The normalized spacial score (nSPS) is 13.8. The number of pyridine rings is 1. The standard InChI is InChI=1S/C30H39N5O4/c1-30(2,3)27(34-29(38)39-4)28(37)33-25(18-21-10-6-5-7-11-21)26(36)20-35(31)19-22-13-15-23(16-14-22)24-12-8-9-17-32-24/h5-17,25-27,36H,18-20,31H2,1-4H3,(H,33,37)(H,34,38)/t25?,26-,27+/m0/s1. The van der Waals surface area contributed by atoms with Crippen molar-refractivity contribution in [2.45, 2.75) is 51.9 Å². The number of benzene rings is 2. The Morgan fingerprint density at radius 2 is 1.64 bits per heavy atom. The lowest BCUT2D eigenvalue weighted by molar-refractivity contribution is -0.127. The summed E-state index contributed by atoms with van der Waals surface area (Å²) in [6.07, 6.45) is 0.458. The third-order valence-electron chi connectivity index (χ3n) is 6.39. The van der Waals surface area contributed by atoms with Crippen molar-refractivity contribution in [1.29, 1.82) is 0 Å². The predicted molar refractivity (Wildman–Crippen MR) is 151 cm³/mol. The SMILES string of the molecule is COC(=O)N[C@H](C(=O)NC(Cc1ccccc1)[C@@H](O)CN(N)Cc1ccc(-c2ccccn2)cc1)C(C)(C)C. The van der Waals surface area contributed by atoms with Crippen LogP contribution in [-0.4, -0.2) is 58.9 Å². The van der Waals surface area contributed by atoms with Crippen molar-refractivity contribution in [2.24, 2.45) is 11.3 Å². The largest absolute Gasteiger partial charge is 0.453 e. The number of aliphatic hydroxyl groups is 1. The number of rotatable bonds is 11. The maximum Gasteiger partial charge on any atom is 0.407 e. The summed E-state index contributed by atoms with van der Waals surface area (Å²) in [6, 6.07) is 21.8. The smallest absolute Gasteiger partial charge is 0.407 e. The number of aromatic nitrogens is 1. The fraction of sp³-hybridized carbons (Fsp3) is 0.367. The van der Waals surface area contributed by atoms with Crippen LogP contribution in [0.25, 0.3) is 11.3 Å². The van der Waals surface area contributed by atoms with Gasteiger partial charge in [-0.05, 0) is 35.1 Å². The molecule has 3 aromatic rings. The number of nitrogens with zero attached hydrogens (tertiary/aromatic N) is 2. The molecule has 3 rings (SSSR count). The zero-order valence-electron chi connectivity index (χ0n) is 23.0. The molecule has 1 unspecified atom stereocenters. The van der Waals surface area contributed by atoms with Crippen molar-refractivity contribution >= 4 is 12.0 Å². The topological polar surface area (TPSA) is 130 Å². The Morgan fingerprint density at radius 1 is 0.974 bits per heavy atom. The minimum absolute atomic E-state index is 0.115. The highest BCUT2D eigenvalue weighted by atomic mass is 16.5. The number of methoxy groups -OCH3 is 1. The average Bonchev–Trinajstić information content (AvgIpc) is 2.91. The Labute approximate surface area is 230 Å². The summed E-state index contributed by atoms with van der Waals surface area (Å²) in [7, 11) is 1.25. The van der Waals surface area contributed by atoms with Crippen molar-refractivity contribution in [3.8, 4) is 11.3 Å². The molecule has 39 heavy (non-hydrogen) atoms. The van der Waals surface area contributed by atoms with Gasteiger partial charge in [-0.25, -0.2) is 9.80 Å². The van der Waals surface area contributed by atoms with Crippen molar-refractivity contribution in [2.75, 3.05) is 13.7 Å². The molecule has 0 saturated heterocycles. The molecule has 0 aliphatic rings. The van der Waals surface area contributed by atoms with E-state index in [4.69, 9.17) is 10.6 Å². The summed E-state index contributed by atoms with van der Waals surface area (Å²) >= 11 is 0. The average molecular weight is 534 g/mol. The Morgan fingerprint density at radius 3 is 2.23 bits per heavy atom. The van der Waals surface area contributed by atoms with Crippen molar-refractivity contribution < 1.29 is 19.4 Å². The van der Waals surface area contributed by atoms with Gasteiger partial charge in [-0.15, -0.1) is 0 Å². The van der Waals surface area contributed by atoms with Crippen molar-refractivity contribution in [3.05, 3.63) is 90.1 Å². The molecule has 0 spiro atoms. The molecule has 0 aliphatic carbocycles. The fourth-order valence-electron chi connectivity index (χ4n) is 4.25. The predicted octanol–water partition coefficient (Wildman–Crippen LogP) is 3.28. The van der Waals surface area contributed by atoms with Gasteiger partial charge >= 0.3 is 6.09 Å². The van der Waals surface area contributed by atoms with E-state index < -0.39 is 35.6 Å². The lowest BCUT2D eigenvalue weighted by Gasteiger charge is -2.33. The number of hydrogen-bond donors (Lipinski definition) is 4. The van der Waals surface area contributed by atoms with Crippen LogP contribution in [0.15, 0.2) is 79.0 Å². The van der Waals surface area contributed by atoms with Crippen LogP contribution < -0.4 is 16.5 Å². The first-order valence-corrected chi connectivity index (χ1v) is 12.9. The first kappa shape index (κ1) is 29.8. The van der Waals surface area contributed by atoms with E-state index in [-0.39, 0.29) is 6.54 Å². The number of nitrogens with one attached hydrogen (secondary N) is 2. The minimum atomic E-state index is -0.981. The number of amides is 2. The molecule has 1 aromatic heterocycles. The molecule has 0 radical (unpaired) electrons. The minimum Gasteiger partial charge on any atom is -0.453 e. The molecule has 3 atom stereocenters. The number of alkyl carbamates (subject to hydrolysis) is 1. The van der Waals surface area contributed by atoms with E-state index in [0.717, 1.165) is 22.4 Å². The summed E-state index contributed by atoms with van der Waals surface area (Å²) in [6.45, 7) is 6.05. The van der Waals surface area contributed by atoms with E-state index in [1.807, 2.05) is 93.6 Å². The van der Waals surface area contributed by atoms with Crippen LogP contribution in [0.5, 0.6) is 0 Å². The molecule has 2 aromatic carbocycles. The third-order valence-corrected chi connectivity index (χ3v) is 6.39. The van der Waals surface area contributed by atoms with Gasteiger partial charge < -0.3 is 20.5 Å². The summed E-state index contributed by atoms with van der Waals surface area (Å²) in [5, 5.41) is 18.3. The number of aliphatic hydroxyl groups excluding tert-OH is 1. The number of carbonyl (C=O) groups excluding carboxylic acids is 2. The molecule has 0 bridgehead atoms. The molecule has 1 heterocycles. The summed E-state index contributed by atoms with van der Waals surface area (Å²) in [4.78, 5) is 29.6. The van der Waals surface area contributed by atoms with Crippen LogP contribution in [0.1, 0.15) is 31.9 Å². The van der Waals surface area contributed by atoms with Gasteiger partial charge in [0.05, 0.1) is 24.9 Å². The number of carbonyl (C=O) groups is 2. The zero-order valence-corrected chi connectivity index (χ0v) is 23.0. The third kappa shape index (κ3) is 9.17. The van der Waals surface area contributed by atoms with Gasteiger partial charge in [-0.3, -0.25) is 15.6 Å². The fourth-order valence-corrected chi connectivity index (χ4v) is 4.25. The van der Waals surface area contributed by atoms with Crippen LogP contribution in [0.3, 0.4) is 0 Å². The number of hydrogen-bond acceptors (Lipinski definition) is 7. The highest BCUT2D eigenvalue weighted by Gasteiger charge is 2.35. The number of ether oxygens (including phenoxy) is 1. The number of hydrazine groups is 1. The molecule has 208 valence electrons. The highest BCUT2D eigenvalue weighted by Crippen LogP contribution is 2.21. The molecule has 0 fully saturated rings. The maximum atomic E-state index is 13.3. The lowest BCUT2D eigenvalue weighted by atomic mass is 9.85. The Hall–Kier alpha value is -3.79. The Balaban J connectivity index is 1.70. The second kappa shape index (κ2) is 13.8. The van der Waals surface area contributed by atoms with Gasteiger partial charge in [0.15, 0.2) is 0 Å². The van der Waals surface area contributed by atoms with Gasteiger partial charge in [-0.2, -0.15) is 0 Å². The van der Waals surface area contributed by atoms with Crippen LogP contribution >= 0.6 is 0 Å². The first-order chi connectivity index (χ1) is 18.6. The van der Waals surface area contributed by atoms with Gasteiger partial charge in [0.2, 0.25) is 5.91 Å². The molecular formula is C30H39N5O4. The maximum absolute atomic E-state index is 13.3. The molecule has 0 saturated carbocycles. The van der Waals surface area contributed by atoms with E-state index in [9.17, 15) is 14.7 Å². The Kier molecular flexibility index (Phi) is 10.6. The number of nitrogens with two attached hydrogens (primary N) is 1. The highest BCUT2D eigenvalue weighted by molar-refractivity contribution is 5.86. The molecule has 9 heteroatoms. The van der Waals surface area contributed by atoms with E-state index in [1.165, 1.54) is 12.1 Å². The van der Waals surface area contributed by atoms with Crippen LogP contribution in [0, 0.1) is 5.41 Å². The Bertz CT molecular complexity index is 1180. The zero-order chi connectivity index (χ0) is 28.4. The van der Waals surface area contributed by atoms with Gasteiger partial charge in [-0.1, -0.05) is 81.4 Å². The molecular weight excluding hydrogens is 494 g/mol. The van der Waals surface area contributed by atoms with Crippen LogP contribution in [-0.2, 0) is 22.5 Å².